The summed E-state index contributed by atoms with van der Waals surface area (Å²) >= 11 is 6.40. The normalized spacial score (nSPS) is 15.9. The summed E-state index contributed by atoms with van der Waals surface area (Å²) < 4.78 is 0. The molecule has 1 aliphatic rings. The first-order chi connectivity index (χ1) is 13.7. The summed E-state index contributed by atoms with van der Waals surface area (Å²) in [5.74, 6) is 0.576. The molecule has 1 atom stereocenters. The molecule has 1 unspecified atom stereocenters. The van der Waals surface area contributed by atoms with Crippen LogP contribution < -0.4 is 5.32 Å². The number of benzene rings is 2. The molecule has 4 nitrogen and oxygen atoms in total. The van der Waals surface area contributed by atoms with Gasteiger partial charge in [0.2, 0.25) is 0 Å². The highest BCUT2D eigenvalue weighted by Crippen LogP contribution is 2.31. The number of fused-ring (bicyclic) bond motifs is 1. The summed E-state index contributed by atoms with van der Waals surface area (Å²) in [7, 11) is 1.97. The molecule has 0 radical (unpaired) electrons. The Balaban J connectivity index is 0.00000160. The van der Waals surface area contributed by atoms with Crippen LogP contribution in [0.15, 0.2) is 54.6 Å². The highest BCUT2D eigenvalue weighted by Gasteiger charge is 2.26. The van der Waals surface area contributed by atoms with Crippen molar-refractivity contribution < 1.29 is 4.79 Å². The van der Waals surface area contributed by atoms with Crippen molar-refractivity contribution in [3.63, 3.8) is 0 Å². The summed E-state index contributed by atoms with van der Waals surface area (Å²) in [4.78, 5) is 20.2. The lowest BCUT2D eigenvalue weighted by molar-refractivity contribution is 0.0676. The number of para-hydroxylation sites is 1. The minimum atomic E-state index is 0. The van der Waals surface area contributed by atoms with Crippen LogP contribution >= 0.6 is 36.4 Å². The average Bonchev–Trinajstić information content (AvgIpc) is 2.73. The molecule has 1 amide bonds. The van der Waals surface area contributed by atoms with Gasteiger partial charge in [-0.1, -0.05) is 48.0 Å². The van der Waals surface area contributed by atoms with Gasteiger partial charge >= 0.3 is 0 Å². The van der Waals surface area contributed by atoms with Gasteiger partial charge in [0.25, 0.3) is 5.91 Å². The number of aromatic nitrogens is 1. The van der Waals surface area contributed by atoms with Gasteiger partial charge in [0.05, 0.1) is 16.8 Å². The Morgan fingerprint density at radius 2 is 1.90 bits per heavy atom. The van der Waals surface area contributed by atoms with Crippen molar-refractivity contribution in [2.24, 2.45) is 5.92 Å². The molecule has 3 aromatic rings. The number of nitrogens with zero attached hydrogens (tertiary/aromatic N) is 2. The molecule has 30 heavy (non-hydrogen) atoms. The summed E-state index contributed by atoms with van der Waals surface area (Å²) in [6, 6.07) is 17.3. The predicted molar refractivity (Wildman–Crippen MR) is 129 cm³/mol. The van der Waals surface area contributed by atoms with Gasteiger partial charge in [-0.2, -0.15) is 0 Å². The van der Waals surface area contributed by atoms with Gasteiger partial charge in [-0.3, -0.25) is 4.79 Å². The molecule has 0 aliphatic carbocycles. The Hall–Kier alpha value is -1.85. The first kappa shape index (κ1) is 24.4. The molecule has 2 heterocycles. The maximum absolute atomic E-state index is 13.5. The fourth-order valence-corrected chi connectivity index (χ4v) is 4.27. The van der Waals surface area contributed by atoms with Crippen molar-refractivity contribution in [1.82, 2.24) is 15.2 Å². The molecular weight excluding hydrogens is 441 g/mol. The van der Waals surface area contributed by atoms with E-state index in [4.69, 9.17) is 16.6 Å². The molecule has 0 bridgehead atoms. The largest absolute Gasteiger partial charge is 0.338 e. The third-order valence-corrected chi connectivity index (χ3v) is 5.72. The Labute approximate surface area is 194 Å². The van der Waals surface area contributed by atoms with E-state index in [1.54, 1.807) is 0 Å². The Morgan fingerprint density at radius 1 is 1.17 bits per heavy atom. The molecule has 1 aromatic heterocycles. The number of carbonyl (C=O) groups excluding carboxylic acids is 1. The van der Waals surface area contributed by atoms with Crippen LogP contribution in [0.3, 0.4) is 0 Å². The first-order valence-electron chi connectivity index (χ1n) is 9.76. The minimum absolute atomic E-state index is 0. The maximum atomic E-state index is 13.5. The highest BCUT2D eigenvalue weighted by atomic mass is 35.5. The quantitative estimate of drug-likeness (QED) is 0.554. The van der Waals surface area contributed by atoms with E-state index in [2.05, 4.69) is 5.32 Å². The van der Waals surface area contributed by atoms with Gasteiger partial charge in [0.15, 0.2) is 0 Å². The monoisotopic (exact) mass is 465 g/mol. The second kappa shape index (κ2) is 11.0. The molecule has 2 aromatic carbocycles. The standard InChI is InChI=1S/C23H24ClN3O.2ClH/c1-25-14-16-7-6-12-27(15-16)23(28)19-13-22(18-9-2-4-10-20(18)24)26-21-11-5-3-8-17(19)21;;/h2-5,8-11,13,16,25H,6-7,12,14-15H2,1H3;2*1H. The zero-order valence-corrected chi connectivity index (χ0v) is 19.2. The lowest BCUT2D eigenvalue weighted by Crippen LogP contribution is -2.42. The van der Waals surface area contributed by atoms with Crippen LogP contribution in [0.4, 0.5) is 0 Å². The van der Waals surface area contributed by atoms with E-state index >= 15 is 0 Å². The van der Waals surface area contributed by atoms with Crippen molar-refractivity contribution >= 4 is 53.2 Å². The lowest BCUT2D eigenvalue weighted by atomic mass is 9.96. The molecule has 0 saturated carbocycles. The number of rotatable bonds is 4. The predicted octanol–water partition coefficient (Wildman–Crippen LogP) is 5.47. The van der Waals surface area contributed by atoms with Gasteiger partial charge in [-0.25, -0.2) is 4.98 Å². The fourth-order valence-electron chi connectivity index (χ4n) is 4.03. The number of pyridine rings is 1. The second-order valence-corrected chi connectivity index (χ2v) is 7.78. The zero-order chi connectivity index (χ0) is 19.5. The topological polar surface area (TPSA) is 45.2 Å². The van der Waals surface area contributed by atoms with Crippen molar-refractivity contribution in [3.05, 3.63) is 65.2 Å². The van der Waals surface area contributed by atoms with Crippen LogP contribution in [0.2, 0.25) is 5.02 Å². The average molecular weight is 467 g/mol. The third-order valence-electron chi connectivity index (χ3n) is 5.40. The van der Waals surface area contributed by atoms with E-state index in [1.165, 1.54) is 0 Å². The molecule has 1 saturated heterocycles. The van der Waals surface area contributed by atoms with Crippen LogP contribution in [0, 0.1) is 5.92 Å². The van der Waals surface area contributed by atoms with Crippen molar-refractivity contribution in [2.75, 3.05) is 26.7 Å². The summed E-state index contributed by atoms with van der Waals surface area (Å²) in [5.41, 5.74) is 3.09. The number of amides is 1. The van der Waals surface area contributed by atoms with Gasteiger partial charge in [-0.15, -0.1) is 24.8 Å². The van der Waals surface area contributed by atoms with Crippen LogP contribution in [-0.2, 0) is 0 Å². The molecule has 0 spiro atoms. The summed E-state index contributed by atoms with van der Waals surface area (Å²) in [5, 5.41) is 4.76. The van der Waals surface area contributed by atoms with Crippen molar-refractivity contribution in [2.45, 2.75) is 12.8 Å². The van der Waals surface area contributed by atoms with Crippen molar-refractivity contribution in [3.8, 4) is 11.3 Å². The fraction of sp³-hybridized carbons (Fsp3) is 0.304. The van der Waals surface area contributed by atoms with Gasteiger partial charge in [-0.05, 0) is 50.6 Å². The second-order valence-electron chi connectivity index (χ2n) is 7.37. The number of carbonyl (C=O) groups is 1. The van der Waals surface area contributed by atoms with E-state index in [0.29, 0.717) is 16.5 Å². The Kier molecular flexibility index (Phi) is 8.92. The van der Waals surface area contributed by atoms with E-state index < -0.39 is 0 Å². The molecule has 1 N–H and O–H groups in total. The number of hydrogen-bond acceptors (Lipinski definition) is 3. The third kappa shape index (κ3) is 5.06. The number of hydrogen-bond donors (Lipinski definition) is 1. The molecule has 4 rings (SSSR count). The van der Waals surface area contributed by atoms with Crippen LogP contribution in [-0.4, -0.2) is 42.5 Å². The Morgan fingerprint density at radius 3 is 2.67 bits per heavy atom. The molecule has 1 fully saturated rings. The van der Waals surface area contributed by atoms with Gasteiger partial charge < -0.3 is 10.2 Å². The van der Waals surface area contributed by atoms with Crippen LogP contribution in [0.1, 0.15) is 23.2 Å². The summed E-state index contributed by atoms with van der Waals surface area (Å²) in [6.45, 7) is 2.53. The number of nitrogens with one attached hydrogen (secondary N) is 1. The molecular formula is C23H26Cl3N3O. The van der Waals surface area contributed by atoms with Crippen LogP contribution in [0.25, 0.3) is 22.2 Å². The van der Waals surface area contributed by atoms with Gasteiger partial charge in [0.1, 0.15) is 0 Å². The van der Waals surface area contributed by atoms with E-state index in [1.807, 2.05) is 66.5 Å². The number of halogens is 3. The van der Waals surface area contributed by atoms with E-state index in [-0.39, 0.29) is 30.7 Å². The maximum Gasteiger partial charge on any atom is 0.254 e. The molecule has 1 aliphatic heterocycles. The minimum Gasteiger partial charge on any atom is -0.338 e. The zero-order valence-electron chi connectivity index (χ0n) is 16.8. The van der Waals surface area contributed by atoms with E-state index in [0.717, 1.165) is 54.6 Å². The number of piperidine rings is 1. The Bertz CT molecular complexity index is 1010. The van der Waals surface area contributed by atoms with Gasteiger partial charge in [0, 0.05) is 29.1 Å². The molecule has 7 heteroatoms. The van der Waals surface area contributed by atoms with Crippen LogP contribution in [0.5, 0.6) is 0 Å². The van der Waals surface area contributed by atoms with Crippen molar-refractivity contribution in [1.29, 1.82) is 0 Å². The first-order valence-corrected chi connectivity index (χ1v) is 10.1. The molecule has 160 valence electrons. The number of likely N-dealkylation sites (tertiary alicyclic amines) is 1. The SMILES string of the molecule is CNCC1CCCN(C(=O)c2cc(-c3ccccc3Cl)nc3ccccc23)C1.Cl.Cl. The lowest BCUT2D eigenvalue weighted by Gasteiger charge is -2.33. The summed E-state index contributed by atoms with van der Waals surface area (Å²) in [6.07, 6.45) is 2.20. The van der Waals surface area contributed by atoms with E-state index in [9.17, 15) is 4.79 Å². The smallest absolute Gasteiger partial charge is 0.254 e. The highest BCUT2D eigenvalue weighted by molar-refractivity contribution is 6.33.